The van der Waals surface area contributed by atoms with Gasteiger partial charge in [-0.15, -0.1) is 0 Å². The van der Waals surface area contributed by atoms with Gasteiger partial charge in [-0.3, -0.25) is 4.79 Å². The van der Waals surface area contributed by atoms with Gasteiger partial charge in [-0.25, -0.2) is 8.78 Å². The van der Waals surface area contributed by atoms with Gasteiger partial charge in [-0.2, -0.15) is 0 Å². The second-order valence-corrected chi connectivity index (χ2v) is 4.90. The molecule has 0 saturated heterocycles. The zero-order valence-electron chi connectivity index (χ0n) is 11.9. The highest BCUT2D eigenvalue weighted by molar-refractivity contribution is 5.94. The first-order valence-electron chi connectivity index (χ1n) is 6.63. The van der Waals surface area contributed by atoms with Crippen LogP contribution in [0.3, 0.4) is 0 Å². The van der Waals surface area contributed by atoms with E-state index in [9.17, 15) is 23.8 Å². The Bertz CT molecular complexity index is 717. The number of amides is 1. The van der Waals surface area contributed by atoms with Crippen LogP contribution >= 0.6 is 0 Å². The van der Waals surface area contributed by atoms with Crippen molar-refractivity contribution in [2.45, 2.75) is 13.3 Å². The number of carbonyl (C=O) groups is 1. The van der Waals surface area contributed by atoms with Crippen molar-refractivity contribution in [3.8, 4) is 11.5 Å². The fourth-order valence-corrected chi connectivity index (χ4v) is 2.07. The predicted molar refractivity (Wildman–Crippen MR) is 76.9 cm³/mol. The van der Waals surface area contributed by atoms with Gasteiger partial charge in [-0.1, -0.05) is 0 Å². The standard InChI is InChI=1S/C16H15F2NO3/c1-9-6-14(20)15(21)7-10(9)4-5-19-16(22)12-3-2-11(17)8-13(12)18/h2-3,6-8,20-21H,4-5H2,1H3,(H,19,22). The fraction of sp³-hybridized carbons (Fsp3) is 0.188. The molecule has 6 heteroatoms. The van der Waals surface area contributed by atoms with Crippen LogP contribution in [0.25, 0.3) is 0 Å². The molecule has 0 fully saturated rings. The summed E-state index contributed by atoms with van der Waals surface area (Å²) in [5.74, 6) is -2.76. The number of rotatable bonds is 4. The first kappa shape index (κ1) is 15.8. The summed E-state index contributed by atoms with van der Waals surface area (Å²) in [6, 6.07) is 5.58. The number of hydrogen-bond donors (Lipinski definition) is 3. The molecule has 0 heterocycles. The first-order chi connectivity index (χ1) is 10.4. The van der Waals surface area contributed by atoms with Crippen molar-refractivity contribution < 1.29 is 23.8 Å². The lowest BCUT2D eigenvalue weighted by Gasteiger charge is -2.09. The Morgan fingerprint density at radius 2 is 1.82 bits per heavy atom. The lowest BCUT2D eigenvalue weighted by molar-refractivity contribution is 0.0950. The van der Waals surface area contributed by atoms with Crippen molar-refractivity contribution in [1.29, 1.82) is 0 Å². The number of carbonyl (C=O) groups excluding carboxylic acids is 1. The molecule has 3 N–H and O–H groups in total. The Balaban J connectivity index is 1.99. The molecule has 2 aromatic carbocycles. The number of aryl methyl sites for hydroxylation is 1. The van der Waals surface area contributed by atoms with E-state index in [0.717, 1.165) is 23.3 Å². The van der Waals surface area contributed by atoms with Crippen LogP contribution in [-0.4, -0.2) is 22.7 Å². The molecule has 2 rings (SSSR count). The topological polar surface area (TPSA) is 69.6 Å². The molecule has 22 heavy (non-hydrogen) atoms. The van der Waals surface area contributed by atoms with E-state index in [1.807, 2.05) is 0 Å². The van der Waals surface area contributed by atoms with Gasteiger partial charge in [0.05, 0.1) is 5.56 Å². The minimum absolute atomic E-state index is 0.209. The Kier molecular flexibility index (Phi) is 4.60. The number of hydrogen-bond acceptors (Lipinski definition) is 3. The summed E-state index contributed by atoms with van der Waals surface area (Å²) in [6.07, 6.45) is 0.397. The average molecular weight is 307 g/mol. The Hall–Kier alpha value is -2.63. The van der Waals surface area contributed by atoms with E-state index in [1.54, 1.807) is 6.92 Å². The highest BCUT2D eigenvalue weighted by atomic mass is 19.1. The molecule has 0 unspecified atom stereocenters. The maximum absolute atomic E-state index is 13.5. The predicted octanol–water partition coefficient (Wildman–Crippen LogP) is 2.66. The highest BCUT2D eigenvalue weighted by Gasteiger charge is 2.12. The van der Waals surface area contributed by atoms with Gasteiger partial charge >= 0.3 is 0 Å². The van der Waals surface area contributed by atoms with Gasteiger partial charge in [0.2, 0.25) is 0 Å². The maximum Gasteiger partial charge on any atom is 0.254 e. The summed E-state index contributed by atoms with van der Waals surface area (Å²) in [5.41, 5.74) is 1.28. The van der Waals surface area contributed by atoms with Gasteiger partial charge in [0.25, 0.3) is 5.91 Å². The molecule has 0 aliphatic rings. The third kappa shape index (κ3) is 3.52. The van der Waals surface area contributed by atoms with Gasteiger partial charge in [0, 0.05) is 12.6 Å². The van der Waals surface area contributed by atoms with Crippen molar-refractivity contribution >= 4 is 5.91 Å². The van der Waals surface area contributed by atoms with Crippen LogP contribution in [0.2, 0.25) is 0 Å². The summed E-state index contributed by atoms with van der Waals surface area (Å²) in [4.78, 5) is 11.8. The summed E-state index contributed by atoms with van der Waals surface area (Å²) in [7, 11) is 0. The van der Waals surface area contributed by atoms with Crippen LogP contribution in [-0.2, 0) is 6.42 Å². The normalized spacial score (nSPS) is 10.5. The van der Waals surface area contributed by atoms with Crippen LogP contribution in [0.15, 0.2) is 30.3 Å². The van der Waals surface area contributed by atoms with Crippen molar-refractivity contribution in [1.82, 2.24) is 5.32 Å². The van der Waals surface area contributed by atoms with Crippen LogP contribution in [0, 0.1) is 18.6 Å². The number of phenolic OH excluding ortho intramolecular Hbond substituents is 2. The molecule has 0 saturated carbocycles. The van der Waals surface area contributed by atoms with Crippen LogP contribution < -0.4 is 5.32 Å². The molecule has 116 valence electrons. The molecular weight excluding hydrogens is 292 g/mol. The van der Waals surface area contributed by atoms with Crippen LogP contribution in [0.1, 0.15) is 21.5 Å². The summed E-state index contributed by atoms with van der Waals surface area (Å²) in [5, 5.41) is 21.3. The first-order valence-corrected chi connectivity index (χ1v) is 6.63. The van der Waals surface area contributed by atoms with Crippen LogP contribution in [0.4, 0.5) is 8.78 Å². The molecular formula is C16H15F2NO3. The zero-order chi connectivity index (χ0) is 16.3. The molecule has 0 atom stereocenters. The monoisotopic (exact) mass is 307 g/mol. The summed E-state index contributed by atoms with van der Waals surface area (Å²) >= 11 is 0. The molecule has 2 aromatic rings. The van der Waals surface area contributed by atoms with Crippen LogP contribution in [0.5, 0.6) is 11.5 Å². The smallest absolute Gasteiger partial charge is 0.254 e. The molecule has 0 aliphatic heterocycles. The van der Waals surface area contributed by atoms with E-state index >= 15 is 0 Å². The second kappa shape index (κ2) is 6.43. The summed E-state index contributed by atoms with van der Waals surface area (Å²) in [6.45, 7) is 1.97. The van der Waals surface area contributed by atoms with E-state index in [-0.39, 0.29) is 23.6 Å². The minimum atomic E-state index is -0.920. The van der Waals surface area contributed by atoms with Crippen molar-refractivity contribution in [2.75, 3.05) is 6.54 Å². The number of phenols is 2. The molecule has 0 aliphatic carbocycles. The number of aromatic hydroxyl groups is 2. The van der Waals surface area contributed by atoms with Gasteiger partial charge in [0.1, 0.15) is 11.6 Å². The van der Waals surface area contributed by atoms with E-state index in [4.69, 9.17) is 0 Å². The summed E-state index contributed by atoms with van der Waals surface area (Å²) < 4.78 is 26.2. The van der Waals surface area contributed by atoms with E-state index in [1.165, 1.54) is 12.1 Å². The average Bonchev–Trinajstić information content (AvgIpc) is 2.44. The lowest BCUT2D eigenvalue weighted by Crippen LogP contribution is -2.26. The molecule has 4 nitrogen and oxygen atoms in total. The molecule has 0 spiro atoms. The van der Waals surface area contributed by atoms with E-state index in [2.05, 4.69) is 5.32 Å². The van der Waals surface area contributed by atoms with E-state index in [0.29, 0.717) is 12.5 Å². The van der Waals surface area contributed by atoms with Crippen molar-refractivity contribution in [3.63, 3.8) is 0 Å². The van der Waals surface area contributed by atoms with Gasteiger partial charge < -0.3 is 15.5 Å². The molecule has 0 radical (unpaired) electrons. The largest absolute Gasteiger partial charge is 0.504 e. The van der Waals surface area contributed by atoms with Gasteiger partial charge in [0.15, 0.2) is 11.5 Å². The zero-order valence-corrected chi connectivity index (χ0v) is 11.9. The molecule has 0 aromatic heterocycles. The lowest BCUT2D eigenvalue weighted by atomic mass is 10.0. The fourth-order valence-electron chi connectivity index (χ4n) is 2.07. The molecule has 1 amide bonds. The van der Waals surface area contributed by atoms with Crippen molar-refractivity contribution in [2.24, 2.45) is 0 Å². The molecule has 0 bridgehead atoms. The quantitative estimate of drug-likeness (QED) is 0.761. The highest BCUT2D eigenvalue weighted by Crippen LogP contribution is 2.28. The van der Waals surface area contributed by atoms with E-state index < -0.39 is 17.5 Å². The third-order valence-corrected chi connectivity index (χ3v) is 3.29. The second-order valence-electron chi connectivity index (χ2n) is 4.90. The third-order valence-electron chi connectivity index (χ3n) is 3.29. The van der Waals surface area contributed by atoms with Gasteiger partial charge in [-0.05, 0) is 48.7 Å². The Morgan fingerprint density at radius 1 is 1.14 bits per heavy atom. The number of nitrogens with one attached hydrogen (secondary N) is 1. The van der Waals surface area contributed by atoms with Crippen molar-refractivity contribution in [3.05, 3.63) is 58.7 Å². The number of benzene rings is 2. The maximum atomic E-state index is 13.5. The Morgan fingerprint density at radius 3 is 2.50 bits per heavy atom. The SMILES string of the molecule is Cc1cc(O)c(O)cc1CCNC(=O)c1ccc(F)cc1F. The Labute approximate surface area is 126 Å². The number of halogens is 2. The minimum Gasteiger partial charge on any atom is -0.504 e.